The molecule has 5 unspecified atom stereocenters. The van der Waals surface area contributed by atoms with Crippen LogP contribution in [0, 0.1) is 17.3 Å². The smallest absolute Gasteiger partial charge is 0.404 e. The maximum atomic E-state index is 6.33. The third-order valence-electron chi connectivity index (χ3n) is 5.99. The van der Waals surface area contributed by atoms with Crippen LogP contribution in [0.4, 0.5) is 0 Å². The zero-order valence-corrected chi connectivity index (χ0v) is 13.8. The van der Waals surface area contributed by atoms with Crippen LogP contribution in [0.3, 0.4) is 0 Å². The van der Waals surface area contributed by atoms with Crippen molar-refractivity contribution in [3.63, 3.8) is 0 Å². The van der Waals surface area contributed by atoms with Crippen molar-refractivity contribution in [2.75, 3.05) is 5.33 Å². The van der Waals surface area contributed by atoms with Crippen LogP contribution >= 0.6 is 15.9 Å². The van der Waals surface area contributed by atoms with E-state index in [-0.39, 0.29) is 24.8 Å². The fraction of sp³-hybridized carbons (Fsp3) is 1.00. The van der Waals surface area contributed by atoms with E-state index in [0.717, 1.165) is 30.5 Å². The number of hydrogen-bond acceptors (Lipinski definition) is 3. The van der Waals surface area contributed by atoms with Crippen molar-refractivity contribution in [2.24, 2.45) is 23.0 Å². The van der Waals surface area contributed by atoms with Gasteiger partial charge in [0.2, 0.25) is 0 Å². The molecule has 0 spiro atoms. The Bertz CT molecular complexity index is 367. The Kier molecular flexibility index (Phi) is 3.57. The van der Waals surface area contributed by atoms with Crippen LogP contribution < -0.4 is 5.73 Å². The van der Waals surface area contributed by atoms with E-state index < -0.39 is 0 Å². The second-order valence-electron chi connectivity index (χ2n) is 7.33. The molecule has 2 N–H and O–H groups in total. The molecule has 19 heavy (non-hydrogen) atoms. The van der Waals surface area contributed by atoms with E-state index in [9.17, 15) is 0 Å². The van der Waals surface area contributed by atoms with E-state index in [0.29, 0.717) is 11.3 Å². The van der Waals surface area contributed by atoms with Crippen LogP contribution in [-0.4, -0.2) is 30.1 Å². The normalized spacial score (nSPS) is 44.7. The summed E-state index contributed by atoms with van der Waals surface area (Å²) < 4.78 is 12.5. The average molecular weight is 330 g/mol. The molecular weight excluding hydrogens is 305 g/mol. The summed E-state index contributed by atoms with van der Waals surface area (Å²) in [5.74, 6) is 1.43. The van der Waals surface area contributed by atoms with Crippen molar-refractivity contribution in [2.45, 2.75) is 64.1 Å². The van der Waals surface area contributed by atoms with E-state index in [1.807, 2.05) is 0 Å². The van der Waals surface area contributed by atoms with Gasteiger partial charge < -0.3 is 15.0 Å². The third-order valence-corrected chi connectivity index (χ3v) is 6.55. The molecule has 4 aliphatic rings. The molecule has 0 aromatic carbocycles. The molecule has 0 radical (unpaired) electrons. The number of alkyl halides is 1. The Morgan fingerprint density at radius 2 is 2.11 bits per heavy atom. The largest absolute Gasteiger partial charge is 0.475 e. The van der Waals surface area contributed by atoms with Crippen LogP contribution in [-0.2, 0) is 9.31 Å². The van der Waals surface area contributed by atoms with Crippen LogP contribution in [0.15, 0.2) is 0 Å². The molecule has 0 amide bonds. The summed E-state index contributed by atoms with van der Waals surface area (Å²) in [5.41, 5.74) is 6.52. The molecule has 5 heteroatoms. The lowest BCUT2D eigenvalue weighted by molar-refractivity contribution is -0.199. The van der Waals surface area contributed by atoms with E-state index in [4.69, 9.17) is 15.0 Å². The number of hydrogen-bond donors (Lipinski definition) is 1. The van der Waals surface area contributed by atoms with Gasteiger partial charge >= 0.3 is 7.12 Å². The highest BCUT2D eigenvalue weighted by atomic mass is 79.9. The second-order valence-corrected chi connectivity index (χ2v) is 8.13. The Balaban J connectivity index is 1.70. The summed E-state index contributed by atoms with van der Waals surface area (Å²) in [7, 11) is -0.204. The average Bonchev–Trinajstić information content (AvgIpc) is 2.72. The maximum Gasteiger partial charge on any atom is 0.475 e. The van der Waals surface area contributed by atoms with Gasteiger partial charge in [0.15, 0.2) is 0 Å². The van der Waals surface area contributed by atoms with Crippen molar-refractivity contribution in [1.82, 2.24) is 0 Å². The molecular formula is C14H25BBrNO2. The lowest BCUT2D eigenvalue weighted by Crippen LogP contribution is -2.65. The van der Waals surface area contributed by atoms with Crippen LogP contribution in [0.1, 0.15) is 46.5 Å². The highest BCUT2D eigenvalue weighted by molar-refractivity contribution is 9.09. The summed E-state index contributed by atoms with van der Waals surface area (Å²) in [6, 6.07) is 0. The maximum absolute atomic E-state index is 6.33. The highest BCUT2D eigenvalue weighted by Crippen LogP contribution is 2.65. The van der Waals surface area contributed by atoms with Gasteiger partial charge in [0.05, 0.1) is 11.7 Å². The first-order valence-corrected chi connectivity index (χ1v) is 8.66. The Morgan fingerprint density at radius 3 is 2.74 bits per heavy atom. The van der Waals surface area contributed by atoms with Gasteiger partial charge in [-0.05, 0) is 49.9 Å². The summed E-state index contributed by atoms with van der Waals surface area (Å²) in [6.07, 6.45) is 4.72. The lowest BCUT2D eigenvalue weighted by atomic mass is 9.43. The minimum Gasteiger partial charge on any atom is -0.404 e. The van der Waals surface area contributed by atoms with Gasteiger partial charge in [0.25, 0.3) is 0 Å². The van der Waals surface area contributed by atoms with Crippen molar-refractivity contribution in [3.05, 3.63) is 0 Å². The minimum absolute atomic E-state index is 0.000266. The zero-order chi connectivity index (χ0) is 13.8. The molecule has 3 saturated carbocycles. The molecule has 5 atom stereocenters. The molecule has 4 fully saturated rings. The molecule has 108 valence electrons. The monoisotopic (exact) mass is 329 g/mol. The predicted octanol–water partition coefficient (Wildman–Crippen LogP) is 2.76. The van der Waals surface area contributed by atoms with Crippen molar-refractivity contribution >= 4 is 23.0 Å². The fourth-order valence-electron chi connectivity index (χ4n) is 4.53. The Labute approximate surface area is 125 Å². The lowest BCUT2D eigenvalue weighted by Gasteiger charge is -2.64. The molecule has 0 aromatic heterocycles. The number of rotatable bonds is 4. The topological polar surface area (TPSA) is 44.5 Å². The summed E-state index contributed by atoms with van der Waals surface area (Å²) in [4.78, 5) is 0. The molecule has 4 rings (SSSR count). The summed E-state index contributed by atoms with van der Waals surface area (Å²) >= 11 is 3.45. The first-order chi connectivity index (χ1) is 8.89. The van der Waals surface area contributed by atoms with Gasteiger partial charge in [-0.15, -0.1) is 0 Å². The fourth-order valence-corrected chi connectivity index (χ4v) is 4.86. The van der Waals surface area contributed by atoms with E-state index in [1.54, 1.807) is 0 Å². The van der Waals surface area contributed by atoms with Gasteiger partial charge in [0, 0.05) is 11.3 Å². The van der Waals surface area contributed by atoms with E-state index >= 15 is 0 Å². The summed E-state index contributed by atoms with van der Waals surface area (Å²) in [6.45, 7) is 7.01. The zero-order valence-electron chi connectivity index (χ0n) is 12.2. The molecule has 0 aromatic rings. The standard InChI is InChI=1S/C14H25BBrNO2/c1-13(2)9-7-10(13)14(3)11(8-9)18-15(19-14)12(17)5-4-6-16/h9-12H,4-8,17H2,1-3H3. The predicted molar refractivity (Wildman–Crippen MR) is 81.1 cm³/mol. The van der Waals surface area contributed by atoms with Gasteiger partial charge in [0.1, 0.15) is 0 Å². The Hall–Kier alpha value is 0.425. The molecule has 1 aliphatic heterocycles. The minimum atomic E-state index is -0.204. The van der Waals surface area contributed by atoms with Crippen LogP contribution in [0.5, 0.6) is 0 Å². The number of halogens is 1. The highest BCUT2D eigenvalue weighted by Gasteiger charge is 2.68. The van der Waals surface area contributed by atoms with Crippen LogP contribution in [0.2, 0.25) is 0 Å². The van der Waals surface area contributed by atoms with Crippen molar-refractivity contribution in [3.8, 4) is 0 Å². The molecule has 1 heterocycles. The van der Waals surface area contributed by atoms with Gasteiger partial charge in [-0.3, -0.25) is 0 Å². The van der Waals surface area contributed by atoms with E-state index in [2.05, 4.69) is 36.7 Å². The molecule has 1 saturated heterocycles. The molecule has 3 aliphatic carbocycles. The number of nitrogens with two attached hydrogens (primary N) is 1. The van der Waals surface area contributed by atoms with Gasteiger partial charge in [-0.25, -0.2) is 0 Å². The first kappa shape index (κ1) is 14.4. The van der Waals surface area contributed by atoms with Crippen molar-refractivity contribution in [1.29, 1.82) is 0 Å². The SMILES string of the molecule is CC1(C)C2CC3OB(C(N)CCCBr)OC3(C)C1C2. The van der Waals surface area contributed by atoms with E-state index in [1.165, 1.54) is 6.42 Å². The first-order valence-electron chi connectivity index (χ1n) is 7.54. The summed E-state index contributed by atoms with van der Waals surface area (Å²) in [5, 5.41) is 0.992. The molecule has 3 nitrogen and oxygen atoms in total. The van der Waals surface area contributed by atoms with Crippen LogP contribution in [0.25, 0.3) is 0 Å². The third kappa shape index (κ3) is 2.03. The quantitative estimate of drug-likeness (QED) is 0.637. The second kappa shape index (κ2) is 4.72. The Morgan fingerprint density at radius 1 is 1.37 bits per heavy atom. The van der Waals surface area contributed by atoms with Crippen molar-refractivity contribution < 1.29 is 9.31 Å². The molecule has 2 bridgehead atoms. The van der Waals surface area contributed by atoms with Gasteiger partial charge in [-0.2, -0.15) is 0 Å². The van der Waals surface area contributed by atoms with Gasteiger partial charge in [-0.1, -0.05) is 29.8 Å².